The lowest BCUT2D eigenvalue weighted by molar-refractivity contribution is -0.122. The van der Waals surface area contributed by atoms with Crippen LogP contribution in [-0.4, -0.2) is 31.8 Å². The van der Waals surface area contributed by atoms with Crippen LogP contribution >= 0.6 is 11.3 Å². The molecule has 0 radical (unpaired) electrons. The zero-order valence-electron chi connectivity index (χ0n) is 13.3. The van der Waals surface area contributed by atoms with Crippen molar-refractivity contribution in [3.8, 4) is 0 Å². The fourth-order valence-corrected chi connectivity index (χ4v) is 3.27. The van der Waals surface area contributed by atoms with Gasteiger partial charge in [0.1, 0.15) is 6.54 Å². The smallest absolute Gasteiger partial charge is 0.246 e. The minimum Gasteiger partial charge on any atom is -0.324 e. The highest BCUT2D eigenvalue weighted by atomic mass is 32.1. The molecule has 0 unspecified atom stereocenters. The minimum atomic E-state index is -0.226. The molecule has 128 valence electrons. The Morgan fingerprint density at radius 1 is 1.28 bits per heavy atom. The molecular formula is C16H16N6O2S. The molecule has 0 spiro atoms. The van der Waals surface area contributed by atoms with E-state index in [-0.39, 0.29) is 24.3 Å². The van der Waals surface area contributed by atoms with Crippen LogP contribution in [0.4, 0.5) is 11.5 Å². The van der Waals surface area contributed by atoms with Crippen molar-refractivity contribution >= 4 is 44.9 Å². The lowest BCUT2D eigenvalue weighted by Gasteiger charge is -2.23. The molecule has 2 amide bonds. The lowest BCUT2D eigenvalue weighted by atomic mass is 9.85. The fraction of sp³-hybridized carbons (Fsp3) is 0.312. The lowest BCUT2D eigenvalue weighted by Crippen LogP contribution is -2.28. The molecule has 0 atom stereocenters. The highest BCUT2D eigenvalue weighted by molar-refractivity contribution is 7.16. The molecule has 25 heavy (non-hydrogen) atoms. The second-order valence-corrected chi connectivity index (χ2v) is 6.89. The van der Waals surface area contributed by atoms with Gasteiger partial charge in [0.05, 0.1) is 21.9 Å². The second kappa shape index (κ2) is 6.60. The zero-order chi connectivity index (χ0) is 17.2. The van der Waals surface area contributed by atoms with Gasteiger partial charge in [0.25, 0.3) is 0 Å². The van der Waals surface area contributed by atoms with E-state index >= 15 is 0 Å². The van der Waals surface area contributed by atoms with Crippen LogP contribution in [0.5, 0.6) is 0 Å². The van der Waals surface area contributed by atoms with E-state index in [9.17, 15) is 9.59 Å². The molecule has 0 saturated heterocycles. The Balaban J connectivity index is 1.35. The Morgan fingerprint density at radius 3 is 2.96 bits per heavy atom. The van der Waals surface area contributed by atoms with Crippen LogP contribution in [0.2, 0.25) is 0 Å². The molecule has 1 aliphatic carbocycles. The van der Waals surface area contributed by atoms with E-state index in [1.165, 1.54) is 4.68 Å². The first-order chi connectivity index (χ1) is 12.2. The van der Waals surface area contributed by atoms with Gasteiger partial charge in [-0.05, 0) is 31.0 Å². The Bertz CT molecular complexity index is 930. The maximum atomic E-state index is 12.1. The number of fused-ring (bicyclic) bond motifs is 1. The summed E-state index contributed by atoms with van der Waals surface area (Å²) in [5.41, 5.74) is 3.30. The van der Waals surface area contributed by atoms with Crippen molar-refractivity contribution in [1.82, 2.24) is 20.0 Å². The topological polar surface area (TPSA) is 102 Å². The largest absolute Gasteiger partial charge is 0.324 e. The molecule has 8 nitrogen and oxygen atoms in total. The molecule has 9 heteroatoms. The van der Waals surface area contributed by atoms with E-state index in [2.05, 4.69) is 25.9 Å². The molecule has 0 aliphatic heterocycles. The van der Waals surface area contributed by atoms with Gasteiger partial charge in [0, 0.05) is 11.6 Å². The van der Waals surface area contributed by atoms with Crippen LogP contribution in [0.1, 0.15) is 19.3 Å². The summed E-state index contributed by atoms with van der Waals surface area (Å²) >= 11 is 1.55. The van der Waals surface area contributed by atoms with E-state index in [0.29, 0.717) is 11.5 Å². The number of aromatic nitrogens is 4. The van der Waals surface area contributed by atoms with Crippen molar-refractivity contribution < 1.29 is 9.59 Å². The maximum Gasteiger partial charge on any atom is 0.246 e. The summed E-state index contributed by atoms with van der Waals surface area (Å²) < 4.78 is 2.47. The molecule has 2 heterocycles. The molecule has 2 N–H and O–H groups in total. The number of nitrogens with one attached hydrogen (secondary N) is 2. The number of hydrogen-bond donors (Lipinski definition) is 2. The summed E-state index contributed by atoms with van der Waals surface area (Å²) in [6, 6.07) is 5.59. The fourth-order valence-electron chi connectivity index (χ4n) is 2.61. The standard InChI is InChI=1S/C16H16N6O2S/c23-15(18-11-4-5-13-12(6-11)17-9-25-13)8-22-7-14(20-21-22)19-16(24)10-2-1-3-10/h4-7,9-10H,1-3,8H2,(H,18,23)(H,19,24). The molecular weight excluding hydrogens is 340 g/mol. The summed E-state index contributed by atoms with van der Waals surface area (Å²) in [5, 5.41) is 13.3. The van der Waals surface area contributed by atoms with Crippen molar-refractivity contribution in [3.63, 3.8) is 0 Å². The number of amides is 2. The number of benzene rings is 1. The SMILES string of the molecule is O=C(Cn1cc(NC(=O)C2CCC2)nn1)Nc1ccc2scnc2c1. The van der Waals surface area contributed by atoms with Gasteiger partial charge in [-0.2, -0.15) is 0 Å². The maximum absolute atomic E-state index is 12.1. The first kappa shape index (κ1) is 15.7. The monoisotopic (exact) mass is 356 g/mol. The van der Waals surface area contributed by atoms with E-state index in [1.54, 1.807) is 23.0 Å². The molecule has 1 aliphatic rings. The average Bonchev–Trinajstić information content (AvgIpc) is 3.14. The van der Waals surface area contributed by atoms with Crippen molar-refractivity contribution in [1.29, 1.82) is 0 Å². The summed E-state index contributed by atoms with van der Waals surface area (Å²) in [7, 11) is 0. The first-order valence-electron chi connectivity index (χ1n) is 8.01. The number of carbonyl (C=O) groups is 2. The van der Waals surface area contributed by atoms with Crippen LogP contribution in [0.25, 0.3) is 10.2 Å². The number of anilines is 2. The van der Waals surface area contributed by atoms with E-state index < -0.39 is 0 Å². The summed E-state index contributed by atoms with van der Waals surface area (Å²) in [6.45, 7) is 0.0153. The van der Waals surface area contributed by atoms with E-state index in [4.69, 9.17) is 0 Å². The summed E-state index contributed by atoms with van der Waals surface area (Å²) in [5.74, 6) is 0.193. The van der Waals surface area contributed by atoms with Gasteiger partial charge in [-0.25, -0.2) is 9.67 Å². The molecule has 1 fully saturated rings. The number of rotatable bonds is 5. The van der Waals surface area contributed by atoms with E-state index in [1.807, 2.05) is 18.2 Å². The third kappa shape index (κ3) is 3.50. The molecule has 2 aromatic heterocycles. The minimum absolute atomic E-state index is 0.0153. The van der Waals surface area contributed by atoms with Gasteiger partial charge >= 0.3 is 0 Å². The Hall–Kier alpha value is -2.81. The number of thiazole rings is 1. The number of hydrogen-bond acceptors (Lipinski definition) is 6. The van der Waals surface area contributed by atoms with Crippen LogP contribution in [0.15, 0.2) is 29.9 Å². The van der Waals surface area contributed by atoms with E-state index in [0.717, 1.165) is 29.5 Å². The van der Waals surface area contributed by atoms with Gasteiger partial charge in [-0.15, -0.1) is 16.4 Å². The van der Waals surface area contributed by atoms with Crippen LogP contribution < -0.4 is 10.6 Å². The highest BCUT2D eigenvalue weighted by Crippen LogP contribution is 2.27. The molecule has 3 aromatic rings. The molecule has 1 saturated carbocycles. The Kier molecular flexibility index (Phi) is 4.14. The highest BCUT2D eigenvalue weighted by Gasteiger charge is 2.25. The molecule has 1 aromatic carbocycles. The van der Waals surface area contributed by atoms with Gasteiger partial charge in [0.2, 0.25) is 11.8 Å². The summed E-state index contributed by atoms with van der Waals surface area (Å²) in [4.78, 5) is 28.3. The predicted octanol–water partition coefficient (Wildman–Crippen LogP) is 2.27. The Labute approximate surface area is 147 Å². The average molecular weight is 356 g/mol. The van der Waals surface area contributed by atoms with Crippen molar-refractivity contribution in [2.24, 2.45) is 5.92 Å². The van der Waals surface area contributed by atoms with Crippen LogP contribution in [0.3, 0.4) is 0 Å². The van der Waals surface area contributed by atoms with Gasteiger partial charge in [-0.3, -0.25) is 9.59 Å². The number of carbonyl (C=O) groups excluding carboxylic acids is 2. The van der Waals surface area contributed by atoms with Crippen molar-refractivity contribution in [2.75, 3.05) is 10.6 Å². The van der Waals surface area contributed by atoms with Crippen LogP contribution in [-0.2, 0) is 16.1 Å². The van der Waals surface area contributed by atoms with Gasteiger partial charge < -0.3 is 10.6 Å². The first-order valence-corrected chi connectivity index (χ1v) is 8.89. The predicted molar refractivity (Wildman–Crippen MR) is 94.2 cm³/mol. The van der Waals surface area contributed by atoms with Crippen molar-refractivity contribution in [3.05, 3.63) is 29.9 Å². The zero-order valence-corrected chi connectivity index (χ0v) is 14.1. The third-order valence-electron chi connectivity index (χ3n) is 4.19. The molecule has 4 rings (SSSR count). The second-order valence-electron chi connectivity index (χ2n) is 6.00. The van der Waals surface area contributed by atoms with Crippen molar-refractivity contribution in [2.45, 2.75) is 25.8 Å². The Morgan fingerprint density at radius 2 is 2.16 bits per heavy atom. The van der Waals surface area contributed by atoms with Gasteiger partial charge in [-0.1, -0.05) is 11.6 Å². The number of nitrogens with zero attached hydrogens (tertiary/aromatic N) is 4. The summed E-state index contributed by atoms with van der Waals surface area (Å²) in [6.07, 6.45) is 4.49. The quantitative estimate of drug-likeness (QED) is 0.730. The van der Waals surface area contributed by atoms with Gasteiger partial charge in [0.15, 0.2) is 5.82 Å². The van der Waals surface area contributed by atoms with Crippen LogP contribution in [0, 0.1) is 5.92 Å². The molecule has 0 bridgehead atoms. The normalized spacial score (nSPS) is 14.2. The third-order valence-corrected chi connectivity index (χ3v) is 5.00.